The van der Waals surface area contributed by atoms with Gasteiger partial charge in [0.25, 0.3) is 5.91 Å². The number of carbonyl (C=O) groups excluding carboxylic acids is 1. The second-order valence-corrected chi connectivity index (χ2v) is 9.21. The Balaban J connectivity index is 1.69. The van der Waals surface area contributed by atoms with Crippen molar-refractivity contribution in [3.05, 3.63) is 70.3 Å². The van der Waals surface area contributed by atoms with Crippen molar-refractivity contribution in [2.24, 2.45) is 0 Å². The van der Waals surface area contributed by atoms with Crippen LogP contribution in [0.15, 0.2) is 42.5 Å². The third kappa shape index (κ3) is 1.58. The van der Waals surface area contributed by atoms with E-state index in [0.717, 1.165) is 29.5 Å². The fourth-order valence-electron chi connectivity index (χ4n) is 6.72. The predicted octanol–water partition coefficient (Wildman–Crippen LogP) is 5.15. The molecule has 4 aromatic rings. The van der Waals surface area contributed by atoms with Crippen LogP contribution in [0.25, 0.3) is 32.9 Å². The number of nitrogens with zero attached hydrogens (tertiary/aromatic N) is 1. The van der Waals surface area contributed by atoms with Crippen molar-refractivity contribution >= 4 is 27.7 Å². The number of nitrogens with one attached hydrogen (secondary N) is 1. The molecular weight excluding hydrogens is 372 g/mol. The minimum absolute atomic E-state index is 0.0671. The minimum atomic E-state index is 0.0671. The highest BCUT2D eigenvalue weighted by molar-refractivity contribution is 6.20. The molecule has 1 saturated heterocycles. The van der Waals surface area contributed by atoms with E-state index in [1.54, 1.807) is 0 Å². The Hall–Kier alpha value is -3.11. The fraction of sp³-hybridized carbons (Fsp3) is 0.269. The monoisotopic (exact) mass is 392 g/mol. The number of rotatable bonds is 0. The molecule has 3 aromatic carbocycles. The van der Waals surface area contributed by atoms with Crippen LogP contribution in [-0.2, 0) is 11.3 Å². The Bertz CT molecular complexity index is 1480. The van der Waals surface area contributed by atoms with Gasteiger partial charge in [-0.15, -0.1) is 0 Å². The number of hydrogen-bond donors (Lipinski definition) is 1. The molecule has 1 aromatic heterocycles. The summed E-state index contributed by atoms with van der Waals surface area (Å²) in [6.07, 6.45) is 2.34. The van der Waals surface area contributed by atoms with E-state index in [1.165, 1.54) is 44.1 Å². The first-order valence-electron chi connectivity index (χ1n) is 10.9. The molecule has 1 aliphatic carbocycles. The lowest BCUT2D eigenvalue weighted by Gasteiger charge is -2.20. The largest absolute Gasteiger partial charge is 0.354 e. The number of para-hydroxylation sites is 1. The number of hydrogen-bond acceptors (Lipinski definition) is 2. The SMILES string of the molecule is Cc1ccc2c(c1)[C@H]1c3c-2c2c(c4c5ccccc5n(c34)[C@H]3CC[C@@H]1O3)CNC2=O. The van der Waals surface area contributed by atoms with Gasteiger partial charge >= 0.3 is 0 Å². The molecular formula is C26H20N2O2. The van der Waals surface area contributed by atoms with Gasteiger partial charge in [-0.05, 0) is 48.1 Å². The van der Waals surface area contributed by atoms with Gasteiger partial charge in [0.2, 0.25) is 0 Å². The molecule has 8 rings (SSSR count). The van der Waals surface area contributed by atoms with Gasteiger partial charge in [0.05, 0.1) is 22.7 Å². The van der Waals surface area contributed by atoms with E-state index >= 15 is 0 Å². The number of benzene rings is 3. The van der Waals surface area contributed by atoms with Crippen LogP contribution in [0, 0.1) is 6.92 Å². The number of amides is 1. The number of fused-ring (bicyclic) bond motifs is 13. The zero-order valence-electron chi connectivity index (χ0n) is 16.7. The second-order valence-electron chi connectivity index (χ2n) is 9.21. The van der Waals surface area contributed by atoms with Crippen LogP contribution < -0.4 is 5.32 Å². The summed E-state index contributed by atoms with van der Waals surface area (Å²) in [6.45, 7) is 2.76. The van der Waals surface area contributed by atoms with Crippen LogP contribution in [0.4, 0.5) is 0 Å². The van der Waals surface area contributed by atoms with Crippen molar-refractivity contribution in [3.63, 3.8) is 0 Å². The normalized spacial score (nSPS) is 25.0. The van der Waals surface area contributed by atoms with E-state index < -0.39 is 0 Å². The van der Waals surface area contributed by atoms with Gasteiger partial charge in [0, 0.05) is 28.8 Å². The number of carbonyl (C=O) groups is 1. The van der Waals surface area contributed by atoms with Gasteiger partial charge in [-0.3, -0.25) is 4.79 Å². The summed E-state index contributed by atoms with van der Waals surface area (Å²) in [4.78, 5) is 13.1. The van der Waals surface area contributed by atoms with E-state index in [0.29, 0.717) is 6.54 Å². The quantitative estimate of drug-likeness (QED) is 0.450. The average Bonchev–Trinajstić information content (AvgIpc) is 3.46. The standard InChI is InChI=1S/C26H20N2O2/c1-12-6-7-13-15(10-12)21-18-8-9-19(30-18)28-17-5-3-2-4-14(17)20-16-11-27-26(29)23(16)22(13)24(21)25(20)28/h2-7,10,18-19,21H,8-9,11H2,1H3,(H,27,29)/t18-,19+,21+/m0/s1. The summed E-state index contributed by atoms with van der Waals surface area (Å²) in [5.41, 5.74) is 10.9. The van der Waals surface area contributed by atoms with Crippen molar-refractivity contribution < 1.29 is 9.53 Å². The Labute approximate surface area is 173 Å². The van der Waals surface area contributed by atoms with Crippen LogP contribution in [0.5, 0.6) is 0 Å². The molecule has 0 radical (unpaired) electrons. The Morgan fingerprint density at radius 1 is 1.10 bits per heavy atom. The lowest BCUT2D eigenvalue weighted by molar-refractivity contribution is 0.00493. The maximum absolute atomic E-state index is 13.1. The predicted molar refractivity (Wildman–Crippen MR) is 116 cm³/mol. The van der Waals surface area contributed by atoms with Crippen LogP contribution in [0.2, 0.25) is 0 Å². The van der Waals surface area contributed by atoms with E-state index in [-0.39, 0.29) is 24.2 Å². The summed E-state index contributed by atoms with van der Waals surface area (Å²) in [5, 5.41) is 5.62. The highest BCUT2D eigenvalue weighted by atomic mass is 16.5. The first-order valence-corrected chi connectivity index (χ1v) is 10.9. The zero-order chi connectivity index (χ0) is 19.7. The van der Waals surface area contributed by atoms with Crippen LogP contribution >= 0.6 is 0 Å². The second kappa shape index (κ2) is 4.96. The van der Waals surface area contributed by atoms with Crippen molar-refractivity contribution in [2.75, 3.05) is 0 Å². The molecule has 30 heavy (non-hydrogen) atoms. The van der Waals surface area contributed by atoms with E-state index in [4.69, 9.17) is 4.74 Å². The summed E-state index contributed by atoms with van der Waals surface area (Å²) in [6, 6.07) is 15.4. The number of ether oxygens (including phenoxy) is 1. The molecule has 4 nitrogen and oxygen atoms in total. The Morgan fingerprint density at radius 3 is 2.93 bits per heavy atom. The van der Waals surface area contributed by atoms with Gasteiger partial charge in [0.15, 0.2) is 0 Å². The van der Waals surface area contributed by atoms with Gasteiger partial charge < -0.3 is 14.6 Å². The van der Waals surface area contributed by atoms with Crippen molar-refractivity contribution in [1.82, 2.24) is 9.88 Å². The summed E-state index contributed by atoms with van der Waals surface area (Å²) in [7, 11) is 0. The molecule has 1 amide bonds. The molecule has 0 unspecified atom stereocenters. The zero-order valence-corrected chi connectivity index (χ0v) is 16.7. The maximum Gasteiger partial charge on any atom is 0.252 e. The summed E-state index contributed by atoms with van der Waals surface area (Å²) < 4.78 is 9.17. The molecule has 1 fully saturated rings. The molecule has 2 bridgehead atoms. The lowest BCUT2D eigenvalue weighted by Crippen LogP contribution is -2.16. The average molecular weight is 392 g/mol. The van der Waals surface area contributed by atoms with Crippen LogP contribution in [-0.4, -0.2) is 16.6 Å². The van der Waals surface area contributed by atoms with E-state index in [2.05, 4.69) is 59.3 Å². The molecule has 1 N–H and O–H groups in total. The minimum Gasteiger partial charge on any atom is -0.354 e. The molecule has 3 atom stereocenters. The van der Waals surface area contributed by atoms with E-state index in [9.17, 15) is 4.79 Å². The van der Waals surface area contributed by atoms with Crippen molar-refractivity contribution in [3.8, 4) is 11.1 Å². The first kappa shape index (κ1) is 15.7. The summed E-state index contributed by atoms with van der Waals surface area (Å²) >= 11 is 0. The van der Waals surface area contributed by atoms with Crippen molar-refractivity contribution in [2.45, 2.75) is 44.6 Å². The van der Waals surface area contributed by atoms with E-state index in [1.807, 2.05) is 0 Å². The number of aryl methyl sites for hydroxylation is 1. The van der Waals surface area contributed by atoms with Crippen molar-refractivity contribution in [1.29, 1.82) is 0 Å². The third-order valence-corrected chi connectivity index (χ3v) is 7.75. The highest BCUT2D eigenvalue weighted by Crippen LogP contribution is 2.59. The molecule has 0 saturated carbocycles. The Morgan fingerprint density at radius 2 is 2.00 bits per heavy atom. The molecule has 0 spiro atoms. The molecule has 4 aliphatic rings. The Kier molecular flexibility index (Phi) is 2.59. The fourth-order valence-corrected chi connectivity index (χ4v) is 6.72. The molecule has 146 valence electrons. The molecule has 3 aliphatic heterocycles. The highest BCUT2D eigenvalue weighted by Gasteiger charge is 2.48. The first-order chi connectivity index (χ1) is 14.7. The van der Waals surface area contributed by atoms with Crippen LogP contribution in [0.1, 0.15) is 57.6 Å². The lowest BCUT2D eigenvalue weighted by atomic mass is 9.85. The third-order valence-electron chi connectivity index (χ3n) is 7.75. The molecule has 4 heterocycles. The van der Waals surface area contributed by atoms with Gasteiger partial charge in [-0.25, -0.2) is 0 Å². The molecule has 4 heteroatoms. The number of aromatic nitrogens is 1. The topological polar surface area (TPSA) is 43.3 Å². The van der Waals surface area contributed by atoms with Gasteiger partial charge in [-0.2, -0.15) is 0 Å². The maximum atomic E-state index is 13.1. The van der Waals surface area contributed by atoms with Gasteiger partial charge in [0.1, 0.15) is 6.23 Å². The summed E-state index contributed by atoms with van der Waals surface area (Å²) in [5.74, 6) is 0.268. The smallest absolute Gasteiger partial charge is 0.252 e. The van der Waals surface area contributed by atoms with Gasteiger partial charge in [-0.1, -0.05) is 42.0 Å². The van der Waals surface area contributed by atoms with Crippen LogP contribution in [0.3, 0.4) is 0 Å².